The summed E-state index contributed by atoms with van der Waals surface area (Å²) in [6.07, 6.45) is 0. The van der Waals surface area contributed by atoms with E-state index in [9.17, 15) is 8.94 Å². The summed E-state index contributed by atoms with van der Waals surface area (Å²) < 4.78 is 34.5. The average Bonchev–Trinajstić information content (AvgIpc) is 3.38. The third-order valence-electron chi connectivity index (χ3n) is 4.77. The predicted octanol–water partition coefficient (Wildman–Crippen LogP) is 5.27. The van der Waals surface area contributed by atoms with Gasteiger partial charge >= 0.3 is 0 Å². The Bertz CT molecular complexity index is 1330. The zero-order valence-electron chi connectivity index (χ0n) is 16.0. The van der Waals surface area contributed by atoms with Crippen LogP contribution in [0, 0.1) is 5.82 Å². The lowest BCUT2D eigenvalue weighted by Crippen LogP contribution is -2.15. The van der Waals surface area contributed by atoms with Crippen molar-refractivity contribution in [1.82, 2.24) is 15.0 Å². The smallest absolute Gasteiger partial charge is 0.264 e. The number of anilines is 1. The number of aromatic amines is 1. The van der Waals surface area contributed by atoms with Crippen molar-refractivity contribution >= 4 is 39.2 Å². The summed E-state index contributed by atoms with van der Waals surface area (Å²) in [5, 5.41) is 0. The first-order chi connectivity index (χ1) is 14.6. The molecule has 8 heteroatoms. The maximum absolute atomic E-state index is 14.1. The molecule has 0 aliphatic carbocycles. The summed E-state index contributed by atoms with van der Waals surface area (Å²) in [7, 11) is 0. The molecule has 0 saturated carbocycles. The van der Waals surface area contributed by atoms with Crippen molar-refractivity contribution in [2.75, 3.05) is 10.5 Å². The van der Waals surface area contributed by atoms with Crippen LogP contribution in [0.4, 0.5) is 10.1 Å². The summed E-state index contributed by atoms with van der Waals surface area (Å²) in [5.41, 5.74) is 4.85. The first kappa shape index (κ1) is 18.7. The molecule has 1 atom stereocenters. The topological polar surface area (TPSA) is 89.8 Å². The van der Waals surface area contributed by atoms with Gasteiger partial charge in [0.2, 0.25) is 0 Å². The fourth-order valence-electron chi connectivity index (χ4n) is 3.24. The van der Waals surface area contributed by atoms with Gasteiger partial charge in [0, 0.05) is 0 Å². The summed E-state index contributed by atoms with van der Waals surface area (Å²) >= 11 is -1.33. The van der Waals surface area contributed by atoms with Crippen LogP contribution in [0.2, 0.25) is 0 Å². The number of rotatable bonds is 5. The van der Waals surface area contributed by atoms with Crippen molar-refractivity contribution in [3.63, 3.8) is 0 Å². The number of oxazole rings is 1. The highest BCUT2D eigenvalue weighted by atomic mass is 32.2. The van der Waals surface area contributed by atoms with Crippen LogP contribution in [0.3, 0.4) is 0 Å². The lowest BCUT2D eigenvalue weighted by molar-refractivity contribution is 0.599. The molecule has 0 aliphatic rings. The van der Waals surface area contributed by atoms with E-state index in [4.69, 9.17) is 4.42 Å². The van der Waals surface area contributed by atoms with Gasteiger partial charge in [-0.2, -0.15) is 0 Å². The molecule has 5 aromatic rings. The molecule has 0 fully saturated rings. The molecule has 0 spiro atoms. The number of halogens is 1. The van der Waals surface area contributed by atoms with Gasteiger partial charge in [-0.05, 0) is 54.4 Å². The Kier molecular flexibility index (Phi) is 4.65. The Labute approximate surface area is 174 Å². The van der Waals surface area contributed by atoms with Gasteiger partial charge < -0.3 is 14.0 Å². The number of hydrogen-bond acceptors (Lipinski definition) is 5. The van der Waals surface area contributed by atoms with Gasteiger partial charge in [0.1, 0.15) is 17.0 Å². The largest absolute Gasteiger partial charge is 0.593 e. The second-order valence-electron chi connectivity index (χ2n) is 6.73. The molecule has 3 aromatic carbocycles. The van der Waals surface area contributed by atoms with Gasteiger partial charge in [-0.25, -0.2) is 19.1 Å². The molecule has 150 valence electrons. The first-order valence-corrected chi connectivity index (χ1v) is 10.7. The molecular formula is C22H17FN4O2S. The van der Waals surface area contributed by atoms with E-state index in [0.29, 0.717) is 28.6 Å². The SMILES string of the molecule is CC[S+]([O-])Nc1cc(-c2ccc3nc(-c4nc5ccccc5[nH]4)oc3c2)ccc1F. The molecule has 5 rings (SSSR count). The average molecular weight is 420 g/mol. The third-order valence-corrected chi connectivity index (χ3v) is 5.74. The molecule has 0 saturated heterocycles. The van der Waals surface area contributed by atoms with E-state index in [0.717, 1.165) is 22.2 Å². The predicted molar refractivity (Wildman–Crippen MR) is 117 cm³/mol. The van der Waals surface area contributed by atoms with Crippen LogP contribution in [0.15, 0.2) is 65.1 Å². The number of nitrogens with zero attached hydrogens (tertiary/aromatic N) is 2. The quantitative estimate of drug-likeness (QED) is 0.378. The van der Waals surface area contributed by atoms with Crippen LogP contribution in [-0.4, -0.2) is 25.3 Å². The molecule has 0 radical (unpaired) electrons. The minimum atomic E-state index is -1.33. The number of fused-ring (bicyclic) bond motifs is 2. The number of imidazole rings is 1. The molecule has 1 unspecified atom stereocenters. The molecule has 0 aliphatic heterocycles. The van der Waals surface area contributed by atoms with Gasteiger partial charge in [-0.15, -0.1) is 0 Å². The van der Waals surface area contributed by atoms with E-state index < -0.39 is 17.2 Å². The van der Waals surface area contributed by atoms with Crippen LogP contribution < -0.4 is 4.72 Å². The normalized spacial score (nSPS) is 12.5. The zero-order valence-corrected chi connectivity index (χ0v) is 16.8. The van der Waals surface area contributed by atoms with E-state index >= 15 is 0 Å². The fourth-order valence-corrected chi connectivity index (χ4v) is 3.78. The van der Waals surface area contributed by atoms with E-state index in [1.807, 2.05) is 42.5 Å². The summed E-state index contributed by atoms with van der Waals surface area (Å²) in [6.45, 7) is 1.77. The van der Waals surface area contributed by atoms with Crippen molar-refractivity contribution in [2.24, 2.45) is 0 Å². The lowest BCUT2D eigenvalue weighted by atomic mass is 10.0. The molecule has 0 bridgehead atoms. The number of nitrogens with one attached hydrogen (secondary N) is 2. The van der Waals surface area contributed by atoms with Crippen LogP contribution in [0.25, 0.3) is 45.0 Å². The highest BCUT2D eigenvalue weighted by molar-refractivity contribution is 7.92. The van der Waals surface area contributed by atoms with Crippen molar-refractivity contribution in [3.8, 4) is 22.8 Å². The van der Waals surface area contributed by atoms with E-state index in [1.165, 1.54) is 6.07 Å². The molecule has 6 nitrogen and oxygen atoms in total. The molecule has 2 N–H and O–H groups in total. The molecule has 0 amide bonds. The van der Waals surface area contributed by atoms with Crippen molar-refractivity contribution in [1.29, 1.82) is 0 Å². The maximum Gasteiger partial charge on any atom is 0.264 e. The van der Waals surface area contributed by atoms with Crippen LogP contribution in [0.5, 0.6) is 0 Å². The minimum absolute atomic E-state index is 0.202. The second-order valence-corrected chi connectivity index (χ2v) is 8.21. The van der Waals surface area contributed by atoms with Crippen LogP contribution >= 0.6 is 0 Å². The van der Waals surface area contributed by atoms with Gasteiger partial charge in [-0.1, -0.05) is 24.3 Å². The molecular weight excluding hydrogens is 403 g/mol. The number of para-hydroxylation sites is 2. The standard InChI is InChI=1S/C22H17FN4O2S/c1-2-30(28)27-19-11-13(7-9-15(19)23)14-8-10-18-20(12-14)29-22(26-18)21-24-16-5-3-4-6-17(16)25-21/h3-12,27H,2H2,1H3,(H,24,25). The van der Waals surface area contributed by atoms with E-state index in [-0.39, 0.29) is 5.69 Å². The van der Waals surface area contributed by atoms with Gasteiger partial charge in [0.05, 0.1) is 22.4 Å². The first-order valence-electron chi connectivity index (χ1n) is 9.41. The summed E-state index contributed by atoms with van der Waals surface area (Å²) in [6, 6.07) is 18.0. The summed E-state index contributed by atoms with van der Waals surface area (Å²) in [4.78, 5) is 12.3. The van der Waals surface area contributed by atoms with Crippen molar-refractivity contribution in [2.45, 2.75) is 6.92 Å². The Morgan fingerprint density at radius 3 is 2.67 bits per heavy atom. The molecule has 2 aromatic heterocycles. The third kappa shape index (κ3) is 3.40. The highest BCUT2D eigenvalue weighted by Gasteiger charge is 2.15. The van der Waals surface area contributed by atoms with Crippen molar-refractivity contribution < 1.29 is 13.4 Å². The number of hydrogen-bond donors (Lipinski definition) is 2. The molecule has 2 heterocycles. The fraction of sp³-hybridized carbons (Fsp3) is 0.0909. The second kappa shape index (κ2) is 7.47. The number of H-pyrrole nitrogens is 1. The number of benzene rings is 3. The zero-order chi connectivity index (χ0) is 20.7. The van der Waals surface area contributed by atoms with Crippen LogP contribution in [-0.2, 0) is 11.4 Å². The number of aromatic nitrogens is 3. The Morgan fingerprint density at radius 1 is 1.03 bits per heavy atom. The van der Waals surface area contributed by atoms with Gasteiger partial charge in [0.15, 0.2) is 17.2 Å². The van der Waals surface area contributed by atoms with E-state index in [2.05, 4.69) is 19.7 Å². The van der Waals surface area contributed by atoms with Gasteiger partial charge in [0.25, 0.3) is 5.89 Å². The monoisotopic (exact) mass is 420 g/mol. The minimum Gasteiger partial charge on any atom is -0.593 e. The van der Waals surface area contributed by atoms with Crippen LogP contribution in [0.1, 0.15) is 6.92 Å². The summed E-state index contributed by atoms with van der Waals surface area (Å²) in [5.74, 6) is 0.897. The Balaban J connectivity index is 1.52. The maximum atomic E-state index is 14.1. The highest BCUT2D eigenvalue weighted by Crippen LogP contribution is 2.30. The molecule has 30 heavy (non-hydrogen) atoms. The van der Waals surface area contributed by atoms with Crippen molar-refractivity contribution in [3.05, 3.63) is 66.5 Å². The Hall–Kier alpha value is -3.36. The van der Waals surface area contributed by atoms with Gasteiger partial charge in [-0.3, -0.25) is 0 Å². The Morgan fingerprint density at radius 2 is 1.83 bits per heavy atom. The van der Waals surface area contributed by atoms with E-state index in [1.54, 1.807) is 19.1 Å². The lowest BCUT2D eigenvalue weighted by Gasteiger charge is -2.12.